The normalized spacial score (nSPS) is 19.8. The lowest BCUT2D eigenvalue weighted by Gasteiger charge is -2.31. The van der Waals surface area contributed by atoms with Crippen molar-refractivity contribution < 1.29 is 14.3 Å². The highest BCUT2D eigenvalue weighted by Crippen LogP contribution is 2.31. The summed E-state index contributed by atoms with van der Waals surface area (Å²) in [5.41, 5.74) is 5.18. The predicted octanol–water partition coefficient (Wildman–Crippen LogP) is 4.20. The van der Waals surface area contributed by atoms with Gasteiger partial charge >= 0.3 is 0 Å². The molecule has 2 atom stereocenters. The smallest absolute Gasteiger partial charge is 0.251 e. The highest BCUT2D eigenvalue weighted by Gasteiger charge is 2.40. The molecule has 0 spiro atoms. The average Bonchev–Trinajstić information content (AvgIpc) is 3.23. The Hall–Kier alpha value is -2.84. The topological polar surface area (TPSA) is 73.9 Å². The van der Waals surface area contributed by atoms with Crippen LogP contribution in [0, 0.1) is 0 Å². The summed E-state index contributed by atoms with van der Waals surface area (Å²) < 4.78 is 6.67. The number of carbonyl (C=O) groups excluding carboxylic acids is 2. The van der Waals surface area contributed by atoms with E-state index in [9.17, 15) is 9.59 Å². The Morgan fingerprint density at radius 1 is 1.16 bits per heavy atom. The van der Waals surface area contributed by atoms with Gasteiger partial charge in [0.05, 0.1) is 12.6 Å². The molecular weight excluding hydrogens is 472 g/mol. The van der Waals surface area contributed by atoms with Crippen LogP contribution in [-0.2, 0) is 9.59 Å². The summed E-state index contributed by atoms with van der Waals surface area (Å²) in [6.45, 7) is 2.83. The SMILES string of the molecule is CCCCOc1ccc(C2CC3C(=O)N(CC(=O)Nc4ccc(Br)cc4)C=CN3N2)cc1. The predicted molar refractivity (Wildman–Crippen MR) is 127 cm³/mol. The third-order valence-corrected chi connectivity index (χ3v) is 6.09. The van der Waals surface area contributed by atoms with Gasteiger partial charge in [0, 0.05) is 22.6 Å². The lowest BCUT2D eigenvalue weighted by atomic mass is 10.0. The van der Waals surface area contributed by atoms with Gasteiger partial charge in [-0.25, -0.2) is 5.43 Å². The van der Waals surface area contributed by atoms with E-state index in [0.717, 1.165) is 35.2 Å². The second kappa shape index (κ2) is 10.2. The van der Waals surface area contributed by atoms with E-state index < -0.39 is 0 Å². The molecule has 2 aromatic carbocycles. The number of hydrazine groups is 1. The molecule has 0 saturated carbocycles. The number of amides is 2. The fourth-order valence-electron chi connectivity index (χ4n) is 3.80. The number of benzene rings is 2. The minimum absolute atomic E-state index is 0.0230. The standard InChI is InChI=1S/C24H27BrN4O3/c1-2-3-14-32-20-10-4-17(5-11-20)21-15-22-24(31)28(12-13-29(22)27-21)16-23(30)26-19-8-6-18(25)7-9-19/h4-13,21-22,27H,2-3,14-16H2,1H3,(H,26,30). The van der Waals surface area contributed by atoms with Crippen molar-refractivity contribution in [3.63, 3.8) is 0 Å². The van der Waals surface area contributed by atoms with Gasteiger partial charge in [-0.1, -0.05) is 41.4 Å². The number of rotatable bonds is 8. The van der Waals surface area contributed by atoms with Gasteiger partial charge < -0.3 is 20.0 Å². The van der Waals surface area contributed by atoms with E-state index in [-0.39, 0.29) is 30.4 Å². The van der Waals surface area contributed by atoms with Crippen molar-refractivity contribution in [2.45, 2.75) is 38.3 Å². The first-order valence-electron chi connectivity index (χ1n) is 10.8. The maximum absolute atomic E-state index is 13.0. The van der Waals surface area contributed by atoms with Crippen LogP contribution in [0.1, 0.15) is 37.8 Å². The molecule has 2 heterocycles. The minimum atomic E-state index is -0.342. The van der Waals surface area contributed by atoms with Crippen LogP contribution in [0.2, 0.25) is 0 Å². The molecule has 4 rings (SSSR count). The van der Waals surface area contributed by atoms with Crippen LogP contribution in [0.3, 0.4) is 0 Å². The number of ether oxygens (including phenoxy) is 1. The van der Waals surface area contributed by atoms with E-state index >= 15 is 0 Å². The lowest BCUT2D eigenvalue weighted by Crippen LogP contribution is -2.49. The zero-order chi connectivity index (χ0) is 22.5. The minimum Gasteiger partial charge on any atom is -0.494 e. The maximum atomic E-state index is 13.0. The number of nitrogens with zero attached hydrogens (tertiary/aromatic N) is 2. The van der Waals surface area contributed by atoms with Crippen LogP contribution in [-0.4, -0.2) is 40.9 Å². The monoisotopic (exact) mass is 498 g/mol. The van der Waals surface area contributed by atoms with E-state index in [4.69, 9.17) is 4.74 Å². The van der Waals surface area contributed by atoms with Gasteiger partial charge in [-0.15, -0.1) is 0 Å². The Bertz CT molecular complexity index is 978. The van der Waals surface area contributed by atoms with E-state index in [0.29, 0.717) is 12.1 Å². The summed E-state index contributed by atoms with van der Waals surface area (Å²) in [6.07, 6.45) is 6.24. The molecule has 2 aliphatic rings. The van der Waals surface area contributed by atoms with Crippen molar-refractivity contribution in [1.29, 1.82) is 0 Å². The number of unbranched alkanes of at least 4 members (excludes halogenated alkanes) is 1. The van der Waals surface area contributed by atoms with Gasteiger partial charge in [-0.2, -0.15) is 0 Å². The quantitative estimate of drug-likeness (QED) is 0.533. The molecule has 2 unspecified atom stereocenters. The molecule has 8 heteroatoms. The molecule has 2 aromatic rings. The summed E-state index contributed by atoms with van der Waals surface area (Å²) in [5.74, 6) is 0.532. The van der Waals surface area contributed by atoms with Crippen LogP contribution in [0.4, 0.5) is 5.69 Å². The Morgan fingerprint density at radius 2 is 1.91 bits per heavy atom. The first kappa shape index (κ1) is 22.4. The molecular formula is C24H27BrN4O3. The first-order chi connectivity index (χ1) is 15.5. The maximum Gasteiger partial charge on any atom is 0.251 e. The number of carbonyl (C=O) groups is 2. The summed E-state index contributed by atoms with van der Waals surface area (Å²) in [6, 6.07) is 15.0. The number of nitrogens with one attached hydrogen (secondary N) is 2. The van der Waals surface area contributed by atoms with Crippen molar-refractivity contribution in [1.82, 2.24) is 15.3 Å². The van der Waals surface area contributed by atoms with Crippen LogP contribution >= 0.6 is 15.9 Å². The average molecular weight is 499 g/mol. The number of anilines is 1. The van der Waals surface area contributed by atoms with E-state index in [1.165, 1.54) is 4.90 Å². The summed E-state index contributed by atoms with van der Waals surface area (Å²) in [5, 5.41) is 4.66. The fourth-order valence-corrected chi connectivity index (χ4v) is 4.07. The lowest BCUT2D eigenvalue weighted by molar-refractivity contribution is -0.137. The molecule has 32 heavy (non-hydrogen) atoms. The first-order valence-corrected chi connectivity index (χ1v) is 11.6. The largest absolute Gasteiger partial charge is 0.494 e. The zero-order valence-electron chi connectivity index (χ0n) is 18.0. The molecule has 168 valence electrons. The molecule has 0 aromatic heterocycles. The van der Waals surface area contributed by atoms with Crippen molar-refractivity contribution in [2.75, 3.05) is 18.5 Å². The molecule has 1 saturated heterocycles. The molecule has 0 aliphatic carbocycles. The number of hydrogen-bond donors (Lipinski definition) is 2. The summed E-state index contributed by atoms with van der Waals surface area (Å²) in [7, 11) is 0. The van der Waals surface area contributed by atoms with Gasteiger partial charge in [0.1, 0.15) is 18.3 Å². The van der Waals surface area contributed by atoms with Gasteiger partial charge in [-0.05, 0) is 54.8 Å². The van der Waals surface area contributed by atoms with Crippen LogP contribution in [0.15, 0.2) is 65.4 Å². The molecule has 1 fully saturated rings. The Labute approximate surface area is 196 Å². The molecule has 0 bridgehead atoms. The molecule has 2 N–H and O–H groups in total. The summed E-state index contributed by atoms with van der Waals surface area (Å²) >= 11 is 3.37. The van der Waals surface area contributed by atoms with Crippen molar-refractivity contribution >= 4 is 33.4 Å². The van der Waals surface area contributed by atoms with Gasteiger partial charge in [0.25, 0.3) is 5.91 Å². The molecule has 2 aliphatic heterocycles. The van der Waals surface area contributed by atoms with Gasteiger partial charge in [-0.3, -0.25) is 9.59 Å². The van der Waals surface area contributed by atoms with Crippen molar-refractivity contribution in [3.05, 3.63) is 71.0 Å². The second-order valence-corrected chi connectivity index (χ2v) is 8.85. The van der Waals surface area contributed by atoms with Crippen LogP contribution in [0.5, 0.6) is 5.75 Å². The highest BCUT2D eigenvalue weighted by molar-refractivity contribution is 9.10. The van der Waals surface area contributed by atoms with Crippen molar-refractivity contribution in [2.24, 2.45) is 0 Å². The van der Waals surface area contributed by atoms with Crippen molar-refractivity contribution in [3.8, 4) is 5.75 Å². The van der Waals surface area contributed by atoms with E-state index in [2.05, 4.69) is 33.6 Å². The number of halogens is 1. The fraction of sp³-hybridized carbons (Fsp3) is 0.333. The Balaban J connectivity index is 1.33. The van der Waals surface area contributed by atoms with E-state index in [1.54, 1.807) is 6.20 Å². The van der Waals surface area contributed by atoms with Crippen LogP contribution < -0.4 is 15.5 Å². The third-order valence-electron chi connectivity index (χ3n) is 5.57. The van der Waals surface area contributed by atoms with E-state index in [1.807, 2.05) is 59.7 Å². The Morgan fingerprint density at radius 3 is 2.62 bits per heavy atom. The number of hydrogen-bond acceptors (Lipinski definition) is 5. The third kappa shape index (κ3) is 5.31. The molecule has 2 amide bonds. The highest BCUT2D eigenvalue weighted by atomic mass is 79.9. The zero-order valence-corrected chi connectivity index (χ0v) is 19.5. The molecule has 0 radical (unpaired) electrons. The second-order valence-electron chi connectivity index (χ2n) is 7.93. The van der Waals surface area contributed by atoms with Crippen LogP contribution in [0.25, 0.3) is 0 Å². The Kier molecular flexibility index (Phi) is 7.12. The van der Waals surface area contributed by atoms with Gasteiger partial charge in [0.2, 0.25) is 5.91 Å². The van der Waals surface area contributed by atoms with Gasteiger partial charge in [0.15, 0.2) is 0 Å². The number of fused-ring (bicyclic) bond motifs is 1. The molecule has 7 nitrogen and oxygen atoms in total. The summed E-state index contributed by atoms with van der Waals surface area (Å²) in [4.78, 5) is 26.9.